The lowest BCUT2D eigenvalue weighted by atomic mass is 9.95. The number of aryl methyl sites for hydroxylation is 1. The second-order valence-corrected chi connectivity index (χ2v) is 8.50. The van der Waals surface area contributed by atoms with Crippen LogP contribution in [0.15, 0.2) is 67.4 Å². The Balaban J connectivity index is 1.32. The molecule has 1 aliphatic heterocycles. The zero-order chi connectivity index (χ0) is 22.8. The average molecular weight is 443 g/mol. The molecule has 1 aromatic carbocycles. The molecule has 0 saturated carbocycles. The van der Waals surface area contributed by atoms with Crippen molar-refractivity contribution in [3.8, 4) is 11.1 Å². The lowest BCUT2D eigenvalue weighted by molar-refractivity contribution is -0.0542. The minimum Gasteiger partial charge on any atom is -0.298 e. The number of rotatable bonds is 5. The molecule has 0 spiro atoms. The van der Waals surface area contributed by atoms with Gasteiger partial charge in [0.05, 0.1) is 24.0 Å². The average Bonchev–Trinajstić information content (AvgIpc) is 3.29. The summed E-state index contributed by atoms with van der Waals surface area (Å²) in [5.74, 6) is -0.264. The minimum absolute atomic E-state index is 0.0868. The number of piperidine rings is 1. The van der Waals surface area contributed by atoms with Gasteiger partial charge in [0.1, 0.15) is 0 Å². The lowest BCUT2D eigenvalue weighted by Crippen LogP contribution is -2.40. The second kappa shape index (κ2) is 9.09. The predicted octanol–water partition coefficient (Wildman–Crippen LogP) is 3.53. The van der Waals surface area contributed by atoms with Crippen molar-refractivity contribution in [1.82, 2.24) is 30.1 Å². The van der Waals surface area contributed by atoms with E-state index in [2.05, 4.69) is 51.8 Å². The first-order valence-electron chi connectivity index (χ1n) is 11.0. The van der Waals surface area contributed by atoms with Crippen LogP contribution in [0.2, 0.25) is 0 Å². The molecule has 2 atom stereocenters. The summed E-state index contributed by atoms with van der Waals surface area (Å²) < 4.78 is 1.81. The monoisotopic (exact) mass is 442 g/mol. The van der Waals surface area contributed by atoms with Crippen molar-refractivity contribution in [2.75, 3.05) is 13.6 Å². The third-order valence-electron chi connectivity index (χ3n) is 6.21. The van der Waals surface area contributed by atoms with E-state index < -0.39 is 0 Å². The van der Waals surface area contributed by atoms with Gasteiger partial charge in [0.15, 0.2) is 0 Å². The molecule has 168 valence electrons. The summed E-state index contributed by atoms with van der Waals surface area (Å²) in [7, 11) is 4.03. The summed E-state index contributed by atoms with van der Waals surface area (Å²) in [6, 6.07) is 12.0. The van der Waals surface area contributed by atoms with Gasteiger partial charge in [0.25, 0.3) is 5.91 Å². The van der Waals surface area contributed by atoms with Crippen molar-refractivity contribution >= 4 is 16.7 Å². The highest BCUT2D eigenvalue weighted by molar-refractivity contribution is 5.93. The molecule has 8 nitrogen and oxygen atoms in total. The highest BCUT2D eigenvalue weighted by Gasteiger charge is 2.29. The number of nitrogens with one attached hydrogen (secondary N) is 1. The van der Waals surface area contributed by atoms with E-state index in [0.717, 1.165) is 47.0 Å². The van der Waals surface area contributed by atoms with Crippen LogP contribution in [0.3, 0.4) is 0 Å². The molecule has 8 heteroatoms. The van der Waals surface area contributed by atoms with Gasteiger partial charge in [-0.2, -0.15) is 5.10 Å². The van der Waals surface area contributed by atoms with E-state index in [9.17, 15) is 4.79 Å². The lowest BCUT2D eigenvalue weighted by Gasteiger charge is -2.36. The van der Waals surface area contributed by atoms with Crippen molar-refractivity contribution in [2.45, 2.75) is 25.0 Å². The van der Waals surface area contributed by atoms with Gasteiger partial charge >= 0.3 is 0 Å². The Morgan fingerprint density at radius 2 is 1.91 bits per heavy atom. The van der Waals surface area contributed by atoms with E-state index in [4.69, 9.17) is 9.82 Å². The van der Waals surface area contributed by atoms with Gasteiger partial charge in [-0.25, -0.2) is 5.48 Å². The van der Waals surface area contributed by atoms with Crippen LogP contribution in [0.1, 0.15) is 34.9 Å². The maximum absolute atomic E-state index is 12.3. The summed E-state index contributed by atoms with van der Waals surface area (Å²) in [4.78, 5) is 29.1. The number of fused-ring (bicyclic) bond motifs is 1. The largest absolute Gasteiger partial charge is 0.298 e. The van der Waals surface area contributed by atoms with Gasteiger partial charge in [-0.15, -0.1) is 0 Å². The molecule has 4 aromatic rings. The smallest absolute Gasteiger partial charge is 0.274 e. The molecule has 0 bridgehead atoms. The number of pyridine rings is 2. The molecule has 3 aromatic heterocycles. The maximum Gasteiger partial charge on any atom is 0.274 e. The fourth-order valence-electron chi connectivity index (χ4n) is 4.29. The molecule has 1 aliphatic rings. The number of carbonyl (C=O) groups excluding carboxylic acids is 1. The number of likely N-dealkylation sites (tertiary alicyclic amines) is 1. The van der Waals surface area contributed by atoms with E-state index in [1.54, 1.807) is 24.5 Å². The summed E-state index contributed by atoms with van der Waals surface area (Å²) >= 11 is 0. The van der Waals surface area contributed by atoms with Gasteiger partial charge < -0.3 is 0 Å². The minimum atomic E-state index is -0.264. The fraction of sp³-hybridized carbons (Fsp3) is 0.280. The van der Waals surface area contributed by atoms with E-state index in [0.29, 0.717) is 5.56 Å². The number of hydrogen-bond acceptors (Lipinski definition) is 6. The molecule has 2 unspecified atom stereocenters. The van der Waals surface area contributed by atoms with Crippen LogP contribution in [-0.2, 0) is 11.9 Å². The van der Waals surface area contributed by atoms with Crippen molar-refractivity contribution in [2.24, 2.45) is 7.05 Å². The number of carbonyl (C=O) groups is 1. The van der Waals surface area contributed by atoms with Crippen LogP contribution < -0.4 is 5.48 Å². The summed E-state index contributed by atoms with van der Waals surface area (Å²) in [5, 5.41) is 6.52. The zero-order valence-corrected chi connectivity index (χ0v) is 18.7. The van der Waals surface area contributed by atoms with Crippen LogP contribution in [0.4, 0.5) is 0 Å². The van der Waals surface area contributed by atoms with Gasteiger partial charge in [-0.1, -0.05) is 12.1 Å². The van der Waals surface area contributed by atoms with Crippen molar-refractivity contribution in [1.29, 1.82) is 0 Å². The Morgan fingerprint density at radius 3 is 2.70 bits per heavy atom. The molecule has 5 rings (SSSR count). The molecule has 1 N–H and O–H groups in total. The topological polar surface area (TPSA) is 85.2 Å². The van der Waals surface area contributed by atoms with E-state index in [-0.39, 0.29) is 18.1 Å². The highest BCUT2D eigenvalue weighted by Crippen LogP contribution is 2.32. The third-order valence-corrected chi connectivity index (χ3v) is 6.21. The molecular weight excluding hydrogens is 416 g/mol. The predicted molar refractivity (Wildman–Crippen MR) is 125 cm³/mol. The molecular formula is C25H26N6O2. The van der Waals surface area contributed by atoms with Crippen molar-refractivity contribution < 1.29 is 9.63 Å². The number of hydroxylamine groups is 1. The van der Waals surface area contributed by atoms with Gasteiger partial charge in [-0.05, 0) is 55.1 Å². The molecule has 33 heavy (non-hydrogen) atoms. The highest BCUT2D eigenvalue weighted by atomic mass is 16.7. The first-order chi connectivity index (χ1) is 16.1. The van der Waals surface area contributed by atoms with E-state index in [1.807, 2.05) is 30.3 Å². The summed E-state index contributed by atoms with van der Waals surface area (Å²) in [6.07, 6.45) is 10.5. The van der Waals surface area contributed by atoms with Crippen LogP contribution in [0, 0.1) is 0 Å². The number of amides is 1. The van der Waals surface area contributed by atoms with Crippen LogP contribution >= 0.6 is 0 Å². The van der Waals surface area contributed by atoms with E-state index in [1.165, 1.54) is 0 Å². The second-order valence-electron chi connectivity index (χ2n) is 8.50. The normalized spacial score (nSPS) is 19.0. The van der Waals surface area contributed by atoms with Crippen molar-refractivity contribution in [3.05, 3.63) is 78.6 Å². The third kappa shape index (κ3) is 4.62. The quantitative estimate of drug-likeness (QED) is 0.476. The first kappa shape index (κ1) is 21.2. The molecule has 0 aliphatic carbocycles. The summed E-state index contributed by atoms with van der Waals surface area (Å²) in [5.41, 5.74) is 6.34. The van der Waals surface area contributed by atoms with Crippen LogP contribution in [0.25, 0.3) is 21.9 Å². The number of benzene rings is 1. The number of aromatic nitrogens is 4. The molecule has 4 heterocycles. The summed E-state index contributed by atoms with van der Waals surface area (Å²) in [6.45, 7) is 0.857. The maximum atomic E-state index is 12.3. The molecule has 1 saturated heterocycles. The van der Waals surface area contributed by atoms with Crippen molar-refractivity contribution in [3.63, 3.8) is 0 Å². The molecule has 1 fully saturated rings. The first-order valence-corrected chi connectivity index (χ1v) is 11.0. The standard InChI is InChI=1S/C25H26N6O2/c1-30-10-7-22(33-29-25(32)17-5-8-26-9-6-17)13-24(30)23-12-20-11-18(3-4-19(20)14-27-23)21-15-28-31(2)16-21/h3-6,8-9,11-12,14-16,22,24H,7,10,13H2,1-2H3,(H,29,32). The van der Waals surface area contributed by atoms with Crippen LogP contribution in [0.5, 0.6) is 0 Å². The number of hydrogen-bond donors (Lipinski definition) is 1. The fourth-order valence-corrected chi connectivity index (χ4v) is 4.29. The van der Waals surface area contributed by atoms with Gasteiger partial charge in [0, 0.05) is 54.9 Å². The zero-order valence-electron chi connectivity index (χ0n) is 18.7. The van der Waals surface area contributed by atoms with Gasteiger partial charge in [0.2, 0.25) is 0 Å². The molecule has 0 radical (unpaired) electrons. The van der Waals surface area contributed by atoms with Gasteiger partial charge in [-0.3, -0.25) is 29.2 Å². The Labute approximate surface area is 192 Å². The number of nitrogens with zero attached hydrogens (tertiary/aromatic N) is 5. The Bertz CT molecular complexity index is 1270. The molecule has 1 amide bonds. The Hall–Kier alpha value is -3.62. The van der Waals surface area contributed by atoms with Crippen LogP contribution in [-0.4, -0.2) is 50.3 Å². The Kier molecular flexibility index (Phi) is 5.85. The SMILES string of the molecule is CN1CCC(ONC(=O)c2ccncc2)CC1c1cc2cc(-c3cnn(C)c3)ccc2cn1. The Morgan fingerprint density at radius 1 is 1.06 bits per heavy atom. The van der Waals surface area contributed by atoms with E-state index >= 15 is 0 Å².